The smallest absolute Gasteiger partial charge is 0.265 e. The van der Waals surface area contributed by atoms with Crippen molar-refractivity contribution in [3.05, 3.63) is 28.8 Å². The molecule has 1 saturated carbocycles. The molecular weight excluding hydrogens is 348 g/mol. The number of anilines is 1. The number of aromatic nitrogens is 2. The first-order valence-corrected chi connectivity index (χ1v) is 9.80. The molecule has 0 bridgehead atoms. The zero-order valence-corrected chi connectivity index (χ0v) is 15.8. The van der Waals surface area contributed by atoms with Crippen molar-refractivity contribution in [3.8, 4) is 0 Å². The molecule has 136 valence electrons. The van der Waals surface area contributed by atoms with Gasteiger partial charge in [0.1, 0.15) is 4.88 Å². The van der Waals surface area contributed by atoms with Crippen LogP contribution in [0, 0.1) is 6.92 Å². The van der Waals surface area contributed by atoms with E-state index in [1.807, 2.05) is 41.5 Å². The number of carbonyl (C=O) groups excluding carboxylic acids is 2. The third-order valence-electron chi connectivity index (χ3n) is 5.34. The summed E-state index contributed by atoms with van der Waals surface area (Å²) in [6, 6.07) is 5.94. The van der Waals surface area contributed by atoms with Gasteiger partial charge in [-0.15, -0.1) is 0 Å². The summed E-state index contributed by atoms with van der Waals surface area (Å²) in [6.45, 7) is 1.96. The molecule has 2 amide bonds. The highest BCUT2D eigenvalue weighted by Gasteiger charge is 2.27. The Hall–Kier alpha value is -2.41. The zero-order valence-electron chi connectivity index (χ0n) is 15.0. The number of thiazole rings is 1. The molecule has 1 fully saturated rings. The van der Waals surface area contributed by atoms with Crippen LogP contribution in [0.4, 0.5) is 5.69 Å². The zero-order chi connectivity index (χ0) is 18.3. The summed E-state index contributed by atoms with van der Waals surface area (Å²) in [5.41, 5.74) is 3.38. The maximum absolute atomic E-state index is 13.1. The number of fused-ring (bicyclic) bond motifs is 3. The molecule has 4 rings (SSSR count). The summed E-state index contributed by atoms with van der Waals surface area (Å²) in [5, 5.41) is 2.67. The van der Waals surface area contributed by atoms with Crippen LogP contribution < -0.4 is 5.32 Å². The minimum Gasteiger partial charge on any atom is -0.338 e. The topological polar surface area (TPSA) is 66.7 Å². The second kappa shape index (κ2) is 6.72. The number of nitrogens with zero attached hydrogens (tertiary/aromatic N) is 3. The van der Waals surface area contributed by atoms with Gasteiger partial charge in [-0.3, -0.25) is 14.0 Å². The van der Waals surface area contributed by atoms with Crippen molar-refractivity contribution in [2.75, 3.05) is 12.4 Å². The van der Waals surface area contributed by atoms with E-state index in [-0.39, 0.29) is 5.91 Å². The average molecular weight is 370 g/mol. The maximum atomic E-state index is 13.1. The molecule has 6 nitrogen and oxygen atoms in total. The summed E-state index contributed by atoms with van der Waals surface area (Å²) >= 11 is 1.44. The van der Waals surface area contributed by atoms with Crippen LogP contribution in [-0.4, -0.2) is 39.7 Å². The standard InChI is InChI=1S/C19H22N4O2S/c1-12-17(18(25)22(2)14-6-4-3-5-7-14)26-19-21-15-9-8-13(20-11-24)10-16(15)23(12)19/h8-11,14H,3-7H2,1-2H3,(H,20,24). The second-order valence-electron chi connectivity index (χ2n) is 6.92. The van der Waals surface area contributed by atoms with Gasteiger partial charge in [0.05, 0.1) is 11.0 Å². The Morgan fingerprint density at radius 1 is 1.35 bits per heavy atom. The van der Waals surface area contributed by atoms with Crippen LogP contribution >= 0.6 is 11.3 Å². The molecule has 26 heavy (non-hydrogen) atoms. The van der Waals surface area contributed by atoms with Gasteiger partial charge in [0.2, 0.25) is 6.41 Å². The van der Waals surface area contributed by atoms with Crippen molar-refractivity contribution in [1.82, 2.24) is 14.3 Å². The fourth-order valence-corrected chi connectivity index (χ4v) is 4.99. The van der Waals surface area contributed by atoms with Gasteiger partial charge in [0, 0.05) is 24.5 Å². The van der Waals surface area contributed by atoms with Gasteiger partial charge in [-0.25, -0.2) is 4.98 Å². The summed E-state index contributed by atoms with van der Waals surface area (Å²) in [7, 11) is 1.92. The molecule has 0 atom stereocenters. The van der Waals surface area contributed by atoms with E-state index in [0.29, 0.717) is 18.1 Å². The number of aryl methyl sites for hydroxylation is 1. The van der Waals surface area contributed by atoms with E-state index in [2.05, 4.69) is 10.3 Å². The van der Waals surface area contributed by atoms with E-state index in [1.54, 1.807) is 0 Å². The highest BCUT2D eigenvalue weighted by molar-refractivity contribution is 7.19. The van der Waals surface area contributed by atoms with E-state index >= 15 is 0 Å². The lowest BCUT2D eigenvalue weighted by atomic mass is 9.94. The number of rotatable bonds is 4. The Morgan fingerprint density at radius 2 is 2.12 bits per heavy atom. The highest BCUT2D eigenvalue weighted by atomic mass is 32.1. The number of nitrogens with one attached hydrogen (secondary N) is 1. The molecule has 1 N–H and O–H groups in total. The molecule has 0 spiro atoms. The van der Waals surface area contributed by atoms with Crippen LogP contribution in [0.3, 0.4) is 0 Å². The number of hydrogen-bond acceptors (Lipinski definition) is 4. The monoisotopic (exact) mass is 370 g/mol. The predicted molar refractivity (Wildman–Crippen MR) is 104 cm³/mol. The second-order valence-corrected chi connectivity index (χ2v) is 7.90. The van der Waals surface area contributed by atoms with Gasteiger partial charge < -0.3 is 10.2 Å². The Morgan fingerprint density at radius 3 is 2.85 bits per heavy atom. The predicted octanol–water partition coefficient (Wildman–Crippen LogP) is 3.83. The molecule has 2 aromatic heterocycles. The van der Waals surface area contributed by atoms with E-state index < -0.39 is 0 Å². The van der Waals surface area contributed by atoms with Crippen LogP contribution in [0.15, 0.2) is 18.2 Å². The molecule has 1 aromatic carbocycles. The molecule has 1 aliphatic carbocycles. The fourth-order valence-electron chi connectivity index (χ4n) is 3.86. The minimum atomic E-state index is 0.0835. The van der Waals surface area contributed by atoms with Gasteiger partial charge in [-0.1, -0.05) is 30.6 Å². The Labute approximate surface area is 155 Å². The fraction of sp³-hybridized carbons (Fsp3) is 0.421. The third-order valence-corrected chi connectivity index (χ3v) is 6.47. The molecule has 0 saturated heterocycles. The minimum absolute atomic E-state index is 0.0835. The SMILES string of the molecule is Cc1c(C(=O)N(C)C2CCCCC2)sc2nc3ccc(NC=O)cc3n12. The van der Waals surface area contributed by atoms with Crippen LogP contribution in [0.1, 0.15) is 47.5 Å². The Balaban J connectivity index is 1.73. The van der Waals surface area contributed by atoms with Crippen molar-refractivity contribution in [2.45, 2.75) is 45.1 Å². The molecule has 7 heteroatoms. The van der Waals surface area contributed by atoms with Gasteiger partial charge in [0.25, 0.3) is 5.91 Å². The van der Waals surface area contributed by atoms with E-state index in [9.17, 15) is 9.59 Å². The molecule has 0 unspecified atom stereocenters. The van der Waals surface area contributed by atoms with Crippen molar-refractivity contribution in [1.29, 1.82) is 0 Å². The summed E-state index contributed by atoms with van der Waals surface area (Å²) in [5.74, 6) is 0.0835. The average Bonchev–Trinajstić information content (AvgIpc) is 3.18. The number of hydrogen-bond donors (Lipinski definition) is 1. The van der Waals surface area contributed by atoms with E-state index in [4.69, 9.17) is 0 Å². The quantitative estimate of drug-likeness (QED) is 0.710. The van der Waals surface area contributed by atoms with Gasteiger partial charge in [0.15, 0.2) is 4.96 Å². The number of amides is 2. The first-order valence-electron chi connectivity index (χ1n) is 8.99. The molecular formula is C19H22N4O2S. The van der Waals surface area contributed by atoms with Crippen LogP contribution in [-0.2, 0) is 4.79 Å². The summed E-state index contributed by atoms with van der Waals surface area (Å²) in [6.07, 6.45) is 6.51. The van der Waals surface area contributed by atoms with Crippen LogP contribution in [0.5, 0.6) is 0 Å². The van der Waals surface area contributed by atoms with E-state index in [0.717, 1.165) is 39.4 Å². The largest absolute Gasteiger partial charge is 0.338 e. The number of benzene rings is 1. The first kappa shape index (κ1) is 17.0. The van der Waals surface area contributed by atoms with Crippen molar-refractivity contribution in [3.63, 3.8) is 0 Å². The summed E-state index contributed by atoms with van der Waals surface area (Å²) in [4.78, 5) is 31.9. The first-order chi connectivity index (χ1) is 12.6. The number of carbonyl (C=O) groups is 2. The normalized spacial score (nSPS) is 15.5. The lowest BCUT2D eigenvalue weighted by Crippen LogP contribution is -2.38. The molecule has 0 radical (unpaired) electrons. The van der Waals surface area contributed by atoms with Gasteiger partial charge in [-0.2, -0.15) is 0 Å². The van der Waals surface area contributed by atoms with Gasteiger partial charge in [-0.05, 0) is 38.0 Å². The van der Waals surface area contributed by atoms with Crippen molar-refractivity contribution < 1.29 is 9.59 Å². The lowest BCUT2D eigenvalue weighted by molar-refractivity contribution is -0.105. The molecule has 3 aromatic rings. The lowest BCUT2D eigenvalue weighted by Gasteiger charge is -2.31. The Kier molecular flexibility index (Phi) is 4.40. The maximum Gasteiger partial charge on any atom is 0.265 e. The Bertz CT molecular complexity index is 984. The van der Waals surface area contributed by atoms with Crippen LogP contribution in [0.2, 0.25) is 0 Å². The van der Waals surface area contributed by atoms with Crippen molar-refractivity contribution in [2.24, 2.45) is 0 Å². The van der Waals surface area contributed by atoms with E-state index in [1.165, 1.54) is 30.6 Å². The van der Waals surface area contributed by atoms with Gasteiger partial charge >= 0.3 is 0 Å². The molecule has 1 aliphatic rings. The number of imidazole rings is 1. The van der Waals surface area contributed by atoms with Crippen molar-refractivity contribution >= 4 is 45.3 Å². The summed E-state index contributed by atoms with van der Waals surface area (Å²) < 4.78 is 2.01. The van der Waals surface area contributed by atoms with Crippen LogP contribution in [0.25, 0.3) is 16.0 Å². The molecule has 2 heterocycles. The molecule has 0 aliphatic heterocycles. The third kappa shape index (κ3) is 2.76. The highest BCUT2D eigenvalue weighted by Crippen LogP contribution is 2.31.